The lowest BCUT2D eigenvalue weighted by atomic mass is 9.67. The zero-order valence-corrected chi connectivity index (χ0v) is 25.6. The zero-order valence-electron chi connectivity index (χ0n) is 25.6. The Morgan fingerprint density at radius 2 is 1.02 bits per heavy atom. The summed E-state index contributed by atoms with van der Waals surface area (Å²) < 4.78 is 0. The summed E-state index contributed by atoms with van der Waals surface area (Å²) >= 11 is 0. The van der Waals surface area contributed by atoms with Crippen molar-refractivity contribution in [1.29, 1.82) is 0 Å². The Labute approximate surface area is 249 Å². The molecule has 0 fully saturated rings. The molecule has 2 heteroatoms. The van der Waals surface area contributed by atoms with E-state index in [9.17, 15) is 9.59 Å². The van der Waals surface area contributed by atoms with Crippen LogP contribution in [0.25, 0.3) is 0 Å². The first-order chi connectivity index (χ1) is 20.4. The van der Waals surface area contributed by atoms with Gasteiger partial charge in [0.2, 0.25) is 0 Å². The SMILES string of the molecule is CCC1C2=C3CCc4cc5c(cc4C(CC)/C(C)=C/2)C(CC)c2cc4c(cc2C5=O)Cc2cc(c1cc2C4CC)C3=O. The van der Waals surface area contributed by atoms with E-state index >= 15 is 0 Å². The number of carbonyl (C=O) groups excluding carboxylic acids is 2. The van der Waals surface area contributed by atoms with Gasteiger partial charge in [0.1, 0.15) is 0 Å². The second-order valence-corrected chi connectivity index (χ2v) is 13.4. The van der Waals surface area contributed by atoms with Gasteiger partial charge in [-0.3, -0.25) is 9.59 Å². The summed E-state index contributed by atoms with van der Waals surface area (Å²) in [5.74, 6) is 1.40. The summed E-state index contributed by atoms with van der Waals surface area (Å²) in [4.78, 5) is 28.8. The van der Waals surface area contributed by atoms with Gasteiger partial charge in [0.25, 0.3) is 0 Å². The number of ketones is 2. The van der Waals surface area contributed by atoms with E-state index in [1.807, 2.05) is 0 Å². The van der Waals surface area contributed by atoms with Crippen LogP contribution >= 0.6 is 0 Å². The van der Waals surface area contributed by atoms with Crippen molar-refractivity contribution in [1.82, 2.24) is 0 Å². The summed E-state index contributed by atoms with van der Waals surface area (Å²) in [5.41, 5.74) is 17.9. The van der Waals surface area contributed by atoms with Crippen LogP contribution in [0.1, 0.15) is 167 Å². The Morgan fingerprint density at radius 3 is 1.60 bits per heavy atom. The van der Waals surface area contributed by atoms with Crippen LogP contribution in [-0.2, 0) is 12.8 Å². The molecule has 0 saturated heterocycles. The zero-order chi connectivity index (χ0) is 29.0. The molecule has 0 saturated carbocycles. The van der Waals surface area contributed by atoms with Gasteiger partial charge in [-0.15, -0.1) is 0 Å². The van der Waals surface area contributed by atoms with Crippen molar-refractivity contribution < 1.29 is 9.59 Å². The molecule has 3 aromatic carbocycles. The molecule has 0 amide bonds. The van der Waals surface area contributed by atoms with Crippen molar-refractivity contribution in [3.63, 3.8) is 0 Å². The highest BCUT2D eigenvalue weighted by Gasteiger charge is 2.39. The van der Waals surface area contributed by atoms with Crippen LogP contribution in [0, 0.1) is 0 Å². The number of fused-ring (bicyclic) bond motifs is 1. The molecule has 5 aliphatic rings. The van der Waals surface area contributed by atoms with Crippen LogP contribution in [0.2, 0.25) is 0 Å². The third-order valence-electron chi connectivity index (χ3n) is 11.5. The van der Waals surface area contributed by atoms with Crippen molar-refractivity contribution in [2.75, 3.05) is 0 Å². The molecule has 2 nitrogen and oxygen atoms in total. The minimum Gasteiger partial charge on any atom is -0.289 e. The largest absolute Gasteiger partial charge is 0.289 e. The Hall–Kier alpha value is -3.52. The Morgan fingerprint density at radius 1 is 0.548 bits per heavy atom. The Kier molecular flexibility index (Phi) is 5.75. The number of Topliss-reactive ketones (excluding diaryl/α,β-unsaturated/α-hetero) is 1. The van der Waals surface area contributed by atoms with Crippen molar-refractivity contribution >= 4 is 11.6 Å². The van der Waals surface area contributed by atoms with E-state index in [-0.39, 0.29) is 35.2 Å². The average molecular weight is 553 g/mol. The lowest BCUT2D eigenvalue weighted by Crippen LogP contribution is -2.25. The van der Waals surface area contributed by atoms with E-state index in [4.69, 9.17) is 0 Å². The van der Waals surface area contributed by atoms with Gasteiger partial charge in [0.15, 0.2) is 11.6 Å². The molecule has 7 bridgehead atoms. The summed E-state index contributed by atoms with van der Waals surface area (Å²) in [6, 6.07) is 14.0. The van der Waals surface area contributed by atoms with Gasteiger partial charge in [-0.25, -0.2) is 0 Å². The molecule has 4 atom stereocenters. The average Bonchev–Trinajstić information content (AvgIpc) is 3.04. The van der Waals surface area contributed by atoms with Gasteiger partial charge in [-0.2, -0.15) is 0 Å². The van der Waals surface area contributed by atoms with E-state index in [0.29, 0.717) is 0 Å². The number of carbonyl (C=O) groups is 2. The molecule has 8 rings (SSSR count). The maximum atomic E-state index is 14.5. The number of aryl methyl sites for hydroxylation is 1. The number of allylic oxidation sites excluding steroid dienone is 4. The maximum Gasteiger partial charge on any atom is 0.193 e. The second-order valence-electron chi connectivity index (χ2n) is 13.4. The van der Waals surface area contributed by atoms with Gasteiger partial charge in [0, 0.05) is 45.9 Å². The monoisotopic (exact) mass is 552 g/mol. The molecular weight excluding hydrogens is 512 g/mol. The predicted molar refractivity (Wildman–Crippen MR) is 169 cm³/mol. The van der Waals surface area contributed by atoms with Crippen molar-refractivity contribution in [3.8, 4) is 0 Å². The van der Waals surface area contributed by atoms with Crippen LogP contribution < -0.4 is 0 Å². The van der Waals surface area contributed by atoms with Gasteiger partial charge in [-0.05, 0) is 126 Å². The van der Waals surface area contributed by atoms with Gasteiger partial charge in [-0.1, -0.05) is 57.5 Å². The predicted octanol–water partition coefficient (Wildman–Crippen LogP) is 9.61. The van der Waals surface area contributed by atoms with Crippen LogP contribution in [0.5, 0.6) is 0 Å². The van der Waals surface area contributed by atoms with E-state index in [2.05, 4.69) is 77.1 Å². The molecule has 0 radical (unpaired) electrons. The lowest BCUT2D eigenvalue weighted by molar-refractivity contribution is 0.102. The highest BCUT2D eigenvalue weighted by molar-refractivity contribution is 6.14. The van der Waals surface area contributed by atoms with Crippen LogP contribution in [-0.4, -0.2) is 11.6 Å². The minimum absolute atomic E-state index is 0.183. The Balaban J connectivity index is 1.54. The lowest BCUT2D eigenvalue weighted by Gasteiger charge is -2.36. The molecule has 42 heavy (non-hydrogen) atoms. The second kappa shape index (κ2) is 9.24. The minimum atomic E-state index is 0.183. The fourth-order valence-corrected chi connectivity index (χ4v) is 9.50. The van der Waals surface area contributed by atoms with Crippen LogP contribution in [0.15, 0.2) is 59.2 Å². The van der Waals surface area contributed by atoms with E-state index in [1.54, 1.807) is 0 Å². The fraction of sp³-hybridized carbons (Fsp3) is 0.400. The molecule has 3 aromatic rings. The van der Waals surface area contributed by atoms with E-state index in [0.717, 1.165) is 67.2 Å². The normalized spacial score (nSPS) is 25.8. The number of hydrogen-bond donors (Lipinski definition) is 0. The maximum absolute atomic E-state index is 14.5. The van der Waals surface area contributed by atoms with Crippen LogP contribution in [0.4, 0.5) is 0 Å². The van der Waals surface area contributed by atoms with Gasteiger partial charge >= 0.3 is 0 Å². The van der Waals surface area contributed by atoms with E-state index < -0.39 is 0 Å². The fourth-order valence-electron chi connectivity index (χ4n) is 9.50. The summed E-state index contributed by atoms with van der Waals surface area (Å²) in [6.45, 7) is 11.4. The summed E-state index contributed by atoms with van der Waals surface area (Å²) in [7, 11) is 0. The summed E-state index contributed by atoms with van der Waals surface area (Å²) in [6.07, 6.45) is 8.65. The quantitative estimate of drug-likeness (QED) is 0.323. The first-order valence-electron chi connectivity index (χ1n) is 16.4. The van der Waals surface area contributed by atoms with Gasteiger partial charge in [0.05, 0.1) is 0 Å². The topological polar surface area (TPSA) is 34.1 Å². The highest BCUT2D eigenvalue weighted by atomic mass is 16.1. The molecular formula is C40H40O2. The molecule has 4 unspecified atom stereocenters. The van der Waals surface area contributed by atoms with Gasteiger partial charge < -0.3 is 0 Å². The smallest absolute Gasteiger partial charge is 0.193 e. The highest BCUT2D eigenvalue weighted by Crippen LogP contribution is 2.51. The van der Waals surface area contributed by atoms with E-state index in [1.165, 1.54) is 61.2 Å². The third-order valence-corrected chi connectivity index (χ3v) is 11.5. The van der Waals surface area contributed by atoms with Crippen molar-refractivity contribution in [2.24, 2.45) is 0 Å². The third kappa shape index (κ3) is 3.33. The first kappa shape index (κ1) is 26.1. The standard InChI is InChI=1S/C40H40O2/c1-6-24-20(5)12-32-26(8-3)34-18-30-22-13-23-16-38-35(19-31(23)25(30)7-2)27(9-4)33-17-29(24)21(14-36(33)40(38)42)10-11-28(32)39(41)37(34)15-22/h12,14-19,24-27H,6-11,13H2,1-5H3/b20-12+. The van der Waals surface area contributed by atoms with Crippen molar-refractivity contribution in [3.05, 3.63) is 126 Å². The number of benzene rings is 3. The first-order valence-corrected chi connectivity index (χ1v) is 16.4. The van der Waals surface area contributed by atoms with Crippen molar-refractivity contribution in [2.45, 2.75) is 103 Å². The summed E-state index contributed by atoms with van der Waals surface area (Å²) in [5, 5.41) is 0. The van der Waals surface area contributed by atoms with Crippen LogP contribution in [0.3, 0.4) is 0 Å². The molecule has 0 heterocycles. The molecule has 212 valence electrons. The molecule has 5 aliphatic carbocycles. The Bertz CT molecular complexity index is 1810. The molecule has 0 N–H and O–H groups in total. The number of rotatable bonds is 4. The molecule has 0 aromatic heterocycles. The molecule has 0 aliphatic heterocycles. The molecule has 0 spiro atoms. The number of hydrogen-bond acceptors (Lipinski definition) is 2.